The average Bonchev–Trinajstić information content (AvgIpc) is 2.45. The van der Waals surface area contributed by atoms with Crippen molar-refractivity contribution < 1.29 is 14.7 Å². The lowest BCUT2D eigenvalue weighted by Gasteiger charge is -2.15. The van der Waals surface area contributed by atoms with Gasteiger partial charge in [-0.25, -0.2) is 0 Å². The van der Waals surface area contributed by atoms with Crippen molar-refractivity contribution in [2.75, 3.05) is 13.2 Å². The maximum Gasteiger partial charge on any atom is 0.0857 e. The van der Waals surface area contributed by atoms with Gasteiger partial charge < -0.3 is 14.7 Å². The van der Waals surface area contributed by atoms with E-state index in [4.69, 9.17) is 14.7 Å². The van der Waals surface area contributed by atoms with Crippen LogP contribution < -0.4 is 0 Å². The quantitative estimate of drug-likeness (QED) is 0.322. The van der Waals surface area contributed by atoms with Crippen LogP contribution in [0.4, 0.5) is 0 Å². The molecule has 0 radical (unpaired) electrons. The molecule has 0 saturated heterocycles. The molecule has 19 heavy (non-hydrogen) atoms. The normalized spacial score (nSPS) is 13.3. The minimum atomic E-state index is -0.0297. The molecule has 0 fully saturated rings. The second kappa shape index (κ2) is 10.3. The first-order chi connectivity index (χ1) is 9.36. The summed E-state index contributed by atoms with van der Waals surface area (Å²) in [5.41, 5.74) is 1.14. The summed E-state index contributed by atoms with van der Waals surface area (Å²) in [6.45, 7) is 3.34. The molecule has 104 valence electrons. The summed E-state index contributed by atoms with van der Waals surface area (Å²) in [5.74, 6) is 0. The highest BCUT2D eigenvalue weighted by Crippen LogP contribution is 2.05. The van der Waals surface area contributed by atoms with E-state index in [9.17, 15) is 0 Å². The Morgan fingerprint density at radius 2 is 2.11 bits per heavy atom. The summed E-state index contributed by atoms with van der Waals surface area (Å²) in [4.78, 5) is 0. The molecule has 0 aliphatic rings. The lowest BCUT2D eigenvalue weighted by molar-refractivity contribution is -0.00548. The maximum atomic E-state index is 8.32. The van der Waals surface area contributed by atoms with E-state index < -0.39 is 0 Å². The van der Waals surface area contributed by atoms with E-state index in [1.54, 1.807) is 0 Å². The first kappa shape index (κ1) is 15.4. The van der Waals surface area contributed by atoms with E-state index in [-0.39, 0.29) is 12.7 Å². The van der Waals surface area contributed by atoms with Gasteiger partial charge >= 0.3 is 0 Å². The SMILES string of the molecule is C/C=C/C[C@H](COCc1ccccc1)OC/C=N\O. The van der Waals surface area contributed by atoms with Crippen molar-refractivity contribution in [3.8, 4) is 0 Å². The van der Waals surface area contributed by atoms with Crippen LogP contribution in [0, 0.1) is 0 Å². The predicted molar refractivity (Wildman–Crippen MR) is 75.5 cm³/mol. The molecule has 0 bridgehead atoms. The topological polar surface area (TPSA) is 51.0 Å². The first-order valence-electron chi connectivity index (χ1n) is 6.37. The molecule has 0 spiro atoms. The van der Waals surface area contributed by atoms with Gasteiger partial charge in [-0.05, 0) is 18.9 Å². The van der Waals surface area contributed by atoms with Crippen LogP contribution in [0.1, 0.15) is 18.9 Å². The Morgan fingerprint density at radius 1 is 1.32 bits per heavy atom. The second-order valence-corrected chi connectivity index (χ2v) is 4.06. The predicted octanol–water partition coefficient (Wildman–Crippen LogP) is 3.01. The van der Waals surface area contributed by atoms with E-state index in [0.717, 1.165) is 12.0 Å². The van der Waals surface area contributed by atoms with E-state index in [1.165, 1.54) is 6.21 Å². The van der Waals surface area contributed by atoms with Crippen molar-refractivity contribution in [1.29, 1.82) is 0 Å². The second-order valence-electron chi connectivity index (χ2n) is 4.06. The van der Waals surface area contributed by atoms with Crippen LogP contribution in [0.3, 0.4) is 0 Å². The number of ether oxygens (including phenoxy) is 2. The molecule has 0 amide bonds. The van der Waals surface area contributed by atoms with Crippen molar-refractivity contribution in [3.63, 3.8) is 0 Å². The minimum Gasteiger partial charge on any atom is -0.411 e. The maximum absolute atomic E-state index is 8.32. The van der Waals surface area contributed by atoms with Crippen LogP contribution in [0.2, 0.25) is 0 Å². The monoisotopic (exact) mass is 263 g/mol. The molecule has 1 N–H and O–H groups in total. The Bertz CT molecular complexity index is 376. The Labute approximate surface area is 114 Å². The highest BCUT2D eigenvalue weighted by atomic mass is 16.5. The molecule has 0 aliphatic heterocycles. The average molecular weight is 263 g/mol. The zero-order chi connectivity index (χ0) is 13.8. The molecule has 0 unspecified atom stereocenters. The Hall–Kier alpha value is -1.65. The Morgan fingerprint density at radius 3 is 2.79 bits per heavy atom. The van der Waals surface area contributed by atoms with Crippen molar-refractivity contribution >= 4 is 6.21 Å². The van der Waals surface area contributed by atoms with Gasteiger partial charge in [0.25, 0.3) is 0 Å². The number of oxime groups is 1. The third kappa shape index (κ3) is 7.39. The van der Waals surface area contributed by atoms with Crippen LogP contribution in [-0.2, 0) is 16.1 Å². The Kier molecular flexibility index (Phi) is 8.34. The number of allylic oxidation sites excluding steroid dienone is 1. The van der Waals surface area contributed by atoms with Gasteiger partial charge in [-0.15, -0.1) is 0 Å². The van der Waals surface area contributed by atoms with Crippen molar-refractivity contribution in [3.05, 3.63) is 48.0 Å². The molecular weight excluding hydrogens is 242 g/mol. The highest BCUT2D eigenvalue weighted by Gasteiger charge is 2.07. The van der Waals surface area contributed by atoms with Gasteiger partial charge in [-0.3, -0.25) is 0 Å². The molecule has 0 aliphatic carbocycles. The third-order valence-electron chi connectivity index (χ3n) is 2.54. The Balaban J connectivity index is 2.30. The fourth-order valence-corrected chi connectivity index (χ4v) is 1.57. The van der Waals surface area contributed by atoms with Crippen molar-refractivity contribution in [1.82, 2.24) is 0 Å². The summed E-state index contributed by atoms with van der Waals surface area (Å²) >= 11 is 0. The zero-order valence-corrected chi connectivity index (χ0v) is 11.2. The van der Waals surface area contributed by atoms with E-state index in [1.807, 2.05) is 49.4 Å². The molecule has 4 heteroatoms. The van der Waals surface area contributed by atoms with Crippen LogP contribution >= 0.6 is 0 Å². The zero-order valence-electron chi connectivity index (χ0n) is 11.2. The number of hydrogen-bond acceptors (Lipinski definition) is 4. The van der Waals surface area contributed by atoms with Gasteiger partial charge in [0.1, 0.15) is 0 Å². The molecule has 1 atom stereocenters. The first-order valence-corrected chi connectivity index (χ1v) is 6.37. The van der Waals surface area contributed by atoms with E-state index >= 15 is 0 Å². The number of hydrogen-bond donors (Lipinski definition) is 1. The summed E-state index contributed by atoms with van der Waals surface area (Å²) in [7, 11) is 0. The molecule has 0 heterocycles. The van der Waals surface area contributed by atoms with Gasteiger partial charge in [0, 0.05) is 0 Å². The van der Waals surface area contributed by atoms with Gasteiger partial charge in [0.15, 0.2) is 0 Å². The smallest absolute Gasteiger partial charge is 0.0857 e. The lowest BCUT2D eigenvalue weighted by Crippen LogP contribution is -2.20. The summed E-state index contributed by atoms with van der Waals surface area (Å²) in [6, 6.07) is 10.0. The lowest BCUT2D eigenvalue weighted by atomic mass is 10.2. The van der Waals surface area contributed by atoms with Gasteiger partial charge in [-0.1, -0.05) is 47.6 Å². The van der Waals surface area contributed by atoms with Crippen molar-refractivity contribution in [2.24, 2.45) is 5.16 Å². The number of rotatable bonds is 9. The standard InChI is InChI=1S/C15H21NO3/c1-2-3-9-15(19-11-10-16-17)13-18-12-14-7-5-4-6-8-14/h2-8,10,15,17H,9,11-13H2,1H3/b3-2+,16-10-/t15-/m1/s1. The largest absolute Gasteiger partial charge is 0.411 e. The minimum absolute atomic E-state index is 0.0297. The van der Waals surface area contributed by atoms with Gasteiger partial charge in [0.2, 0.25) is 0 Å². The molecular formula is C15H21NO3. The van der Waals surface area contributed by atoms with Gasteiger partial charge in [-0.2, -0.15) is 0 Å². The summed E-state index contributed by atoms with van der Waals surface area (Å²) in [6.07, 6.45) is 6.09. The van der Waals surface area contributed by atoms with Crippen LogP contribution in [0.5, 0.6) is 0 Å². The highest BCUT2D eigenvalue weighted by molar-refractivity contribution is 5.57. The molecule has 1 rings (SSSR count). The summed E-state index contributed by atoms with van der Waals surface area (Å²) in [5, 5.41) is 11.2. The van der Waals surface area contributed by atoms with Crippen LogP contribution in [0.25, 0.3) is 0 Å². The summed E-state index contributed by atoms with van der Waals surface area (Å²) < 4.78 is 11.2. The molecule has 0 aromatic heterocycles. The van der Waals surface area contributed by atoms with E-state index in [0.29, 0.717) is 13.2 Å². The molecule has 4 nitrogen and oxygen atoms in total. The van der Waals surface area contributed by atoms with E-state index in [2.05, 4.69) is 5.16 Å². The number of nitrogens with zero attached hydrogens (tertiary/aromatic N) is 1. The van der Waals surface area contributed by atoms with Crippen LogP contribution in [0.15, 0.2) is 47.6 Å². The number of benzene rings is 1. The fraction of sp³-hybridized carbons (Fsp3) is 0.400. The van der Waals surface area contributed by atoms with Gasteiger partial charge in [0.05, 0.1) is 32.1 Å². The molecule has 0 saturated carbocycles. The third-order valence-corrected chi connectivity index (χ3v) is 2.54. The van der Waals surface area contributed by atoms with Crippen molar-refractivity contribution in [2.45, 2.75) is 26.1 Å². The molecule has 1 aromatic carbocycles. The molecule has 1 aromatic rings. The van der Waals surface area contributed by atoms with Crippen LogP contribution in [-0.4, -0.2) is 30.7 Å². The fourth-order valence-electron chi connectivity index (χ4n) is 1.57.